The van der Waals surface area contributed by atoms with Crippen LogP contribution in [0.4, 0.5) is 10.5 Å². The van der Waals surface area contributed by atoms with E-state index in [2.05, 4.69) is 0 Å². The Kier molecular flexibility index (Phi) is 6.58. The van der Waals surface area contributed by atoms with Crippen LogP contribution in [-0.2, 0) is 11.4 Å². The number of nitrogens with zero attached hydrogens (tertiary/aromatic N) is 1. The molecule has 0 atom stereocenters. The fourth-order valence-electron chi connectivity index (χ4n) is 2.96. The Morgan fingerprint density at radius 3 is 2.39 bits per heavy atom. The maximum atomic E-state index is 12.9. The summed E-state index contributed by atoms with van der Waals surface area (Å²) in [6.07, 6.45) is 1.64. The number of ether oxygens (including phenoxy) is 1. The van der Waals surface area contributed by atoms with Gasteiger partial charge in [0.15, 0.2) is 0 Å². The van der Waals surface area contributed by atoms with Crippen molar-refractivity contribution >= 4 is 69.5 Å². The monoisotopic (exact) mass is 489 g/mol. The number of carbonyl (C=O) groups excluding carboxylic acids is 2. The smallest absolute Gasteiger partial charge is 0.298 e. The minimum absolute atomic E-state index is 0.264. The van der Waals surface area contributed by atoms with E-state index in [0.717, 1.165) is 22.2 Å². The number of anilines is 1. The van der Waals surface area contributed by atoms with Gasteiger partial charge >= 0.3 is 0 Å². The summed E-state index contributed by atoms with van der Waals surface area (Å²) in [5.74, 6) is 0.137. The van der Waals surface area contributed by atoms with Crippen molar-refractivity contribution < 1.29 is 14.3 Å². The standard InChI is InChI=1S/C23H14Cl3NO3S/c24-17-7-3-1-6-15(17)13-30-20-8-4-2-5-14(20)11-21-22(28)27(23(29)31-21)16-9-10-18(25)19(26)12-16/h1-12H,13H2/b21-11-. The Morgan fingerprint density at radius 2 is 1.61 bits per heavy atom. The molecule has 0 aromatic heterocycles. The molecule has 0 spiro atoms. The summed E-state index contributed by atoms with van der Waals surface area (Å²) < 4.78 is 5.94. The van der Waals surface area contributed by atoms with Crippen molar-refractivity contribution in [3.05, 3.63) is 97.8 Å². The van der Waals surface area contributed by atoms with Crippen molar-refractivity contribution in [2.75, 3.05) is 4.90 Å². The molecule has 1 saturated heterocycles. The van der Waals surface area contributed by atoms with Crippen molar-refractivity contribution in [3.8, 4) is 5.75 Å². The van der Waals surface area contributed by atoms with Gasteiger partial charge in [0.05, 0.1) is 20.6 Å². The summed E-state index contributed by atoms with van der Waals surface area (Å²) in [5, 5.41) is 0.810. The molecular weight excluding hydrogens is 477 g/mol. The van der Waals surface area contributed by atoms with Crippen molar-refractivity contribution in [1.29, 1.82) is 0 Å². The molecule has 0 saturated carbocycles. The highest BCUT2D eigenvalue weighted by Gasteiger charge is 2.36. The summed E-state index contributed by atoms with van der Waals surface area (Å²) in [4.78, 5) is 26.8. The molecule has 3 aromatic carbocycles. The Labute approximate surface area is 198 Å². The summed E-state index contributed by atoms with van der Waals surface area (Å²) in [7, 11) is 0. The molecule has 0 unspecified atom stereocenters. The predicted octanol–water partition coefficient (Wildman–Crippen LogP) is 7.47. The highest BCUT2D eigenvalue weighted by molar-refractivity contribution is 8.19. The van der Waals surface area contributed by atoms with E-state index in [1.807, 2.05) is 36.4 Å². The zero-order valence-electron chi connectivity index (χ0n) is 15.8. The average Bonchev–Trinajstić information content (AvgIpc) is 3.03. The molecule has 156 valence electrons. The lowest BCUT2D eigenvalue weighted by atomic mass is 10.1. The summed E-state index contributed by atoms with van der Waals surface area (Å²) in [5.41, 5.74) is 1.89. The number of thioether (sulfide) groups is 1. The predicted molar refractivity (Wildman–Crippen MR) is 127 cm³/mol. The minimum atomic E-state index is -0.436. The van der Waals surface area contributed by atoms with Gasteiger partial charge in [-0.3, -0.25) is 9.59 Å². The molecular formula is C23H14Cl3NO3S. The third kappa shape index (κ3) is 4.75. The molecule has 2 amide bonds. The third-order valence-corrected chi connectivity index (χ3v) is 6.48. The SMILES string of the molecule is O=C1S/C(=C\c2ccccc2OCc2ccccc2Cl)C(=O)N1c1ccc(Cl)c(Cl)c1. The van der Waals surface area contributed by atoms with Gasteiger partial charge in [-0.2, -0.15) is 0 Å². The molecule has 1 aliphatic rings. The maximum absolute atomic E-state index is 12.9. The average molecular weight is 491 g/mol. The van der Waals surface area contributed by atoms with Crippen molar-refractivity contribution in [2.45, 2.75) is 6.61 Å². The number of imide groups is 1. The second-order valence-electron chi connectivity index (χ2n) is 6.53. The number of halogens is 3. The van der Waals surface area contributed by atoms with Gasteiger partial charge in [-0.05, 0) is 48.2 Å². The van der Waals surface area contributed by atoms with Crippen LogP contribution in [0.15, 0.2) is 71.6 Å². The molecule has 3 aromatic rings. The van der Waals surface area contributed by atoms with Gasteiger partial charge in [-0.1, -0.05) is 71.2 Å². The summed E-state index contributed by atoms with van der Waals surface area (Å²) in [6.45, 7) is 0.273. The second-order valence-corrected chi connectivity index (χ2v) is 8.75. The largest absolute Gasteiger partial charge is 0.488 e. The normalized spacial score (nSPS) is 15.1. The van der Waals surface area contributed by atoms with E-state index in [4.69, 9.17) is 39.5 Å². The number of hydrogen-bond donors (Lipinski definition) is 0. The van der Waals surface area contributed by atoms with E-state index in [1.165, 1.54) is 6.07 Å². The van der Waals surface area contributed by atoms with E-state index in [0.29, 0.717) is 27.0 Å². The van der Waals surface area contributed by atoms with E-state index in [1.54, 1.807) is 30.3 Å². The lowest BCUT2D eigenvalue weighted by Crippen LogP contribution is -2.27. The first-order valence-electron chi connectivity index (χ1n) is 9.12. The van der Waals surface area contributed by atoms with Crippen LogP contribution in [0.5, 0.6) is 5.75 Å². The van der Waals surface area contributed by atoms with Gasteiger partial charge in [0.2, 0.25) is 0 Å². The van der Waals surface area contributed by atoms with Gasteiger partial charge in [0, 0.05) is 16.1 Å². The number of carbonyl (C=O) groups is 2. The fourth-order valence-corrected chi connectivity index (χ4v) is 4.27. The molecule has 1 heterocycles. The molecule has 31 heavy (non-hydrogen) atoms. The molecule has 0 aliphatic carbocycles. The van der Waals surface area contributed by atoms with Crippen LogP contribution in [0, 0.1) is 0 Å². The van der Waals surface area contributed by atoms with E-state index in [9.17, 15) is 9.59 Å². The Hall–Kier alpha value is -2.44. The number of para-hydroxylation sites is 1. The number of hydrogen-bond acceptors (Lipinski definition) is 4. The lowest BCUT2D eigenvalue weighted by Gasteiger charge is -2.13. The van der Waals surface area contributed by atoms with Crippen LogP contribution in [-0.4, -0.2) is 11.1 Å². The molecule has 1 aliphatic heterocycles. The van der Waals surface area contributed by atoms with Gasteiger partial charge in [0.1, 0.15) is 12.4 Å². The highest BCUT2D eigenvalue weighted by Crippen LogP contribution is 2.38. The topological polar surface area (TPSA) is 46.6 Å². The molecule has 8 heteroatoms. The molecule has 0 radical (unpaired) electrons. The van der Waals surface area contributed by atoms with E-state index < -0.39 is 11.1 Å². The van der Waals surface area contributed by atoms with Crippen LogP contribution in [0.25, 0.3) is 6.08 Å². The minimum Gasteiger partial charge on any atom is -0.488 e. The van der Waals surface area contributed by atoms with E-state index >= 15 is 0 Å². The lowest BCUT2D eigenvalue weighted by molar-refractivity contribution is -0.113. The maximum Gasteiger partial charge on any atom is 0.298 e. The molecule has 0 bridgehead atoms. The number of amides is 2. The van der Waals surface area contributed by atoms with Crippen LogP contribution < -0.4 is 9.64 Å². The zero-order chi connectivity index (χ0) is 22.0. The fraction of sp³-hybridized carbons (Fsp3) is 0.0435. The van der Waals surface area contributed by atoms with Gasteiger partial charge < -0.3 is 4.74 Å². The van der Waals surface area contributed by atoms with Crippen LogP contribution in [0.2, 0.25) is 15.1 Å². The molecule has 4 nitrogen and oxygen atoms in total. The number of benzene rings is 3. The van der Waals surface area contributed by atoms with E-state index in [-0.39, 0.29) is 16.5 Å². The Morgan fingerprint density at radius 1 is 0.871 bits per heavy atom. The quantitative estimate of drug-likeness (QED) is 0.348. The van der Waals surface area contributed by atoms with Gasteiger partial charge in [0.25, 0.3) is 11.1 Å². The van der Waals surface area contributed by atoms with Crippen molar-refractivity contribution in [2.24, 2.45) is 0 Å². The Bertz CT molecular complexity index is 1210. The molecule has 0 N–H and O–H groups in total. The van der Waals surface area contributed by atoms with Crippen molar-refractivity contribution in [3.63, 3.8) is 0 Å². The molecule has 1 fully saturated rings. The van der Waals surface area contributed by atoms with Crippen molar-refractivity contribution in [1.82, 2.24) is 0 Å². The van der Waals surface area contributed by atoms with Crippen LogP contribution >= 0.6 is 46.6 Å². The molecule has 4 rings (SSSR count). The highest BCUT2D eigenvalue weighted by atomic mass is 35.5. The first-order chi connectivity index (χ1) is 14.9. The first-order valence-corrected chi connectivity index (χ1v) is 11.1. The van der Waals surface area contributed by atoms with Gasteiger partial charge in [-0.15, -0.1) is 0 Å². The third-order valence-electron chi connectivity index (χ3n) is 4.50. The van der Waals surface area contributed by atoms with Gasteiger partial charge in [-0.25, -0.2) is 4.90 Å². The number of rotatable bonds is 5. The first kappa shape index (κ1) is 21.8. The Balaban J connectivity index is 1.59. The van der Waals surface area contributed by atoms with Crippen LogP contribution in [0.1, 0.15) is 11.1 Å². The second kappa shape index (κ2) is 9.37. The summed E-state index contributed by atoms with van der Waals surface area (Å²) >= 11 is 19.0. The summed E-state index contributed by atoms with van der Waals surface area (Å²) in [6, 6.07) is 19.3. The van der Waals surface area contributed by atoms with Crippen LogP contribution in [0.3, 0.4) is 0 Å². The zero-order valence-corrected chi connectivity index (χ0v) is 18.9.